The Hall–Kier alpha value is -0.680. The Morgan fingerprint density at radius 2 is 2.00 bits per heavy atom. The molecule has 1 aromatic carbocycles. The second-order valence-corrected chi connectivity index (χ2v) is 8.59. The summed E-state index contributed by atoms with van der Waals surface area (Å²) in [5.41, 5.74) is 2.88. The highest BCUT2D eigenvalue weighted by Crippen LogP contribution is 2.21. The summed E-state index contributed by atoms with van der Waals surface area (Å²) in [6.45, 7) is 6.00. The molecule has 2 nitrogen and oxygen atoms in total. The standard InChI is InChI=1S/C20H27BrN2S/c1-22(15-18-9-13-24-16-18)14-17-6-10-23(11-7-17)12-8-19-4-2-3-5-20(19)21/h2-5,9,13,16-17H,6-8,10-12,14-15H2,1H3. The number of nitrogens with zero attached hydrogens (tertiary/aromatic N) is 2. The smallest absolute Gasteiger partial charge is 0.0239 e. The molecule has 130 valence electrons. The Balaban J connectivity index is 1.37. The molecular weight excluding hydrogens is 380 g/mol. The van der Waals surface area contributed by atoms with Crippen LogP contribution in [0.4, 0.5) is 0 Å². The van der Waals surface area contributed by atoms with Gasteiger partial charge >= 0.3 is 0 Å². The monoisotopic (exact) mass is 406 g/mol. The minimum atomic E-state index is 0.855. The van der Waals surface area contributed by atoms with Crippen LogP contribution in [0.2, 0.25) is 0 Å². The Labute approximate surface area is 158 Å². The third-order valence-electron chi connectivity index (χ3n) is 4.96. The Bertz CT molecular complexity index is 606. The summed E-state index contributed by atoms with van der Waals surface area (Å²) in [5, 5.41) is 4.44. The normalized spacial score (nSPS) is 16.8. The molecule has 1 aliphatic heterocycles. The van der Waals surface area contributed by atoms with E-state index < -0.39 is 0 Å². The van der Waals surface area contributed by atoms with Gasteiger partial charge in [-0.25, -0.2) is 0 Å². The van der Waals surface area contributed by atoms with Crippen LogP contribution in [-0.2, 0) is 13.0 Å². The number of halogens is 1. The minimum Gasteiger partial charge on any atom is -0.303 e. The van der Waals surface area contributed by atoms with Crippen LogP contribution in [0.3, 0.4) is 0 Å². The van der Waals surface area contributed by atoms with E-state index >= 15 is 0 Å². The van der Waals surface area contributed by atoms with Gasteiger partial charge in [0.1, 0.15) is 0 Å². The fraction of sp³-hybridized carbons (Fsp3) is 0.500. The van der Waals surface area contributed by atoms with Gasteiger partial charge < -0.3 is 9.80 Å². The summed E-state index contributed by atoms with van der Waals surface area (Å²) < 4.78 is 1.25. The topological polar surface area (TPSA) is 6.48 Å². The maximum atomic E-state index is 3.66. The summed E-state index contributed by atoms with van der Waals surface area (Å²) in [6.07, 6.45) is 3.82. The zero-order valence-electron chi connectivity index (χ0n) is 14.5. The highest BCUT2D eigenvalue weighted by Gasteiger charge is 2.20. The molecule has 0 atom stereocenters. The third kappa shape index (κ3) is 5.41. The van der Waals surface area contributed by atoms with E-state index in [1.165, 1.54) is 54.6 Å². The predicted octanol–water partition coefficient (Wildman–Crippen LogP) is 4.90. The van der Waals surface area contributed by atoms with Gasteiger partial charge in [0.2, 0.25) is 0 Å². The Morgan fingerprint density at radius 3 is 2.71 bits per heavy atom. The molecule has 4 heteroatoms. The molecule has 2 heterocycles. The number of likely N-dealkylation sites (tertiary alicyclic amines) is 1. The number of piperidine rings is 1. The first-order valence-electron chi connectivity index (χ1n) is 8.86. The van der Waals surface area contributed by atoms with Gasteiger partial charge in [0.05, 0.1) is 0 Å². The lowest BCUT2D eigenvalue weighted by atomic mass is 9.96. The van der Waals surface area contributed by atoms with Crippen LogP contribution in [0, 0.1) is 5.92 Å². The van der Waals surface area contributed by atoms with Crippen LogP contribution in [0.1, 0.15) is 24.0 Å². The summed E-state index contributed by atoms with van der Waals surface area (Å²) in [6, 6.07) is 10.8. The molecule has 0 saturated carbocycles. The highest BCUT2D eigenvalue weighted by atomic mass is 79.9. The van der Waals surface area contributed by atoms with E-state index in [2.05, 4.69) is 73.9 Å². The van der Waals surface area contributed by atoms with Crippen LogP contribution in [0.15, 0.2) is 45.6 Å². The van der Waals surface area contributed by atoms with Crippen molar-refractivity contribution in [2.45, 2.75) is 25.8 Å². The van der Waals surface area contributed by atoms with E-state index in [1.54, 1.807) is 11.3 Å². The van der Waals surface area contributed by atoms with E-state index in [0.29, 0.717) is 0 Å². The molecule has 0 radical (unpaired) electrons. The first-order chi connectivity index (χ1) is 11.7. The number of rotatable bonds is 7. The maximum Gasteiger partial charge on any atom is 0.0239 e. The predicted molar refractivity (Wildman–Crippen MR) is 108 cm³/mol. The van der Waals surface area contributed by atoms with Gasteiger partial charge in [0.15, 0.2) is 0 Å². The second-order valence-electron chi connectivity index (χ2n) is 6.95. The van der Waals surface area contributed by atoms with Crippen molar-refractivity contribution in [3.63, 3.8) is 0 Å². The number of benzene rings is 1. The molecule has 0 aliphatic carbocycles. The lowest BCUT2D eigenvalue weighted by Gasteiger charge is -2.34. The van der Waals surface area contributed by atoms with Crippen molar-refractivity contribution in [2.75, 3.05) is 33.2 Å². The first-order valence-corrected chi connectivity index (χ1v) is 10.6. The second kappa shape index (κ2) is 9.14. The van der Waals surface area contributed by atoms with E-state index in [4.69, 9.17) is 0 Å². The quantitative estimate of drug-likeness (QED) is 0.644. The SMILES string of the molecule is CN(Cc1ccsc1)CC1CCN(CCc2ccccc2Br)CC1. The van der Waals surface area contributed by atoms with Crippen molar-refractivity contribution < 1.29 is 0 Å². The molecule has 1 fully saturated rings. The van der Waals surface area contributed by atoms with Crippen molar-refractivity contribution in [2.24, 2.45) is 5.92 Å². The molecule has 1 aromatic heterocycles. The van der Waals surface area contributed by atoms with Gasteiger partial charge in [-0.3, -0.25) is 0 Å². The van der Waals surface area contributed by atoms with Crippen molar-refractivity contribution >= 4 is 27.3 Å². The van der Waals surface area contributed by atoms with Crippen LogP contribution >= 0.6 is 27.3 Å². The molecule has 24 heavy (non-hydrogen) atoms. The van der Waals surface area contributed by atoms with Crippen molar-refractivity contribution in [1.82, 2.24) is 9.80 Å². The average molecular weight is 407 g/mol. The van der Waals surface area contributed by atoms with Crippen LogP contribution in [-0.4, -0.2) is 43.0 Å². The fourth-order valence-electron chi connectivity index (χ4n) is 3.57. The van der Waals surface area contributed by atoms with Crippen LogP contribution in [0.25, 0.3) is 0 Å². The number of thiophene rings is 1. The molecule has 3 rings (SSSR count). The van der Waals surface area contributed by atoms with Crippen molar-refractivity contribution in [1.29, 1.82) is 0 Å². The highest BCUT2D eigenvalue weighted by molar-refractivity contribution is 9.10. The lowest BCUT2D eigenvalue weighted by molar-refractivity contribution is 0.153. The molecule has 2 aromatic rings. The molecular formula is C20H27BrN2S. The summed E-state index contributed by atoms with van der Waals surface area (Å²) in [7, 11) is 2.26. The van der Waals surface area contributed by atoms with Crippen LogP contribution < -0.4 is 0 Å². The molecule has 1 aliphatic rings. The molecule has 1 saturated heterocycles. The summed E-state index contributed by atoms with van der Waals surface area (Å²) in [4.78, 5) is 5.12. The third-order valence-corrected chi connectivity index (χ3v) is 6.47. The van der Waals surface area contributed by atoms with Gasteiger partial charge in [0.25, 0.3) is 0 Å². The van der Waals surface area contributed by atoms with E-state index in [-0.39, 0.29) is 0 Å². The minimum absolute atomic E-state index is 0.855. The van der Waals surface area contributed by atoms with Gasteiger partial charge in [0, 0.05) is 24.1 Å². The molecule has 0 spiro atoms. The van der Waals surface area contributed by atoms with E-state index in [0.717, 1.165) is 18.9 Å². The van der Waals surface area contributed by atoms with Gasteiger partial charge in [-0.1, -0.05) is 34.1 Å². The number of hydrogen-bond donors (Lipinski definition) is 0. The summed E-state index contributed by atoms with van der Waals surface area (Å²) in [5.74, 6) is 0.855. The number of hydrogen-bond acceptors (Lipinski definition) is 3. The fourth-order valence-corrected chi connectivity index (χ4v) is 4.71. The Kier molecular flexibility index (Phi) is 6.90. The van der Waals surface area contributed by atoms with Crippen molar-refractivity contribution in [3.8, 4) is 0 Å². The zero-order chi connectivity index (χ0) is 16.8. The average Bonchev–Trinajstić information content (AvgIpc) is 3.08. The van der Waals surface area contributed by atoms with E-state index in [9.17, 15) is 0 Å². The van der Waals surface area contributed by atoms with Gasteiger partial charge in [-0.15, -0.1) is 0 Å². The molecule has 0 amide bonds. The summed E-state index contributed by atoms with van der Waals surface area (Å²) >= 11 is 5.45. The largest absolute Gasteiger partial charge is 0.303 e. The van der Waals surface area contributed by atoms with Gasteiger partial charge in [-0.05, 0) is 79.3 Å². The maximum absolute atomic E-state index is 3.66. The van der Waals surface area contributed by atoms with Gasteiger partial charge in [-0.2, -0.15) is 11.3 Å². The molecule has 0 bridgehead atoms. The zero-order valence-corrected chi connectivity index (χ0v) is 16.9. The van der Waals surface area contributed by atoms with Crippen molar-refractivity contribution in [3.05, 3.63) is 56.7 Å². The lowest BCUT2D eigenvalue weighted by Crippen LogP contribution is -2.38. The molecule has 0 N–H and O–H groups in total. The Morgan fingerprint density at radius 1 is 1.21 bits per heavy atom. The molecule has 0 unspecified atom stereocenters. The first kappa shape index (κ1) is 18.1. The van der Waals surface area contributed by atoms with E-state index in [1.807, 2.05) is 0 Å². The van der Waals surface area contributed by atoms with Crippen LogP contribution in [0.5, 0.6) is 0 Å².